The summed E-state index contributed by atoms with van der Waals surface area (Å²) in [5.74, 6) is 1.71. The standard InChI is InChI=1S/C19H33NO/c1-2-16-10-4-5-11-17(16)18(21)19(12-6-7-13-19)20-14-8-3-9-15-20/h16-17H,2-15H2,1H3. The molecule has 2 atom stereocenters. The Morgan fingerprint density at radius 2 is 1.62 bits per heavy atom. The quantitative estimate of drug-likeness (QED) is 0.756. The Hall–Kier alpha value is -0.370. The summed E-state index contributed by atoms with van der Waals surface area (Å²) < 4.78 is 0. The predicted octanol–water partition coefficient (Wildman–Crippen LogP) is 4.57. The molecule has 2 aliphatic carbocycles. The Labute approximate surface area is 130 Å². The molecule has 0 radical (unpaired) electrons. The first-order chi connectivity index (χ1) is 10.3. The summed E-state index contributed by atoms with van der Waals surface area (Å²) in [7, 11) is 0. The molecule has 2 nitrogen and oxygen atoms in total. The van der Waals surface area contributed by atoms with E-state index in [0.717, 1.165) is 12.8 Å². The number of hydrogen-bond donors (Lipinski definition) is 0. The van der Waals surface area contributed by atoms with Crippen LogP contribution in [-0.4, -0.2) is 29.3 Å². The van der Waals surface area contributed by atoms with E-state index in [9.17, 15) is 4.79 Å². The molecular formula is C19H33NO. The van der Waals surface area contributed by atoms with Gasteiger partial charge in [-0.1, -0.05) is 45.4 Å². The zero-order chi connectivity index (χ0) is 14.7. The summed E-state index contributed by atoms with van der Waals surface area (Å²) in [4.78, 5) is 16.2. The van der Waals surface area contributed by atoms with Crippen LogP contribution >= 0.6 is 0 Å². The molecule has 1 aliphatic heterocycles. The van der Waals surface area contributed by atoms with Crippen molar-refractivity contribution in [2.45, 2.75) is 89.5 Å². The molecule has 0 aromatic carbocycles. The van der Waals surface area contributed by atoms with Crippen molar-refractivity contribution in [2.24, 2.45) is 11.8 Å². The molecule has 0 spiro atoms. The highest BCUT2D eigenvalue weighted by Crippen LogP contribution is 2.44. The highest BCUT2D eigenvalue weighted by Gasteiger charge is 2.49. The first-order valence-corrected chi connectivity index (χ1v) is 9.57. The number of carbonyl (C=O) groups is 1. The monoisotopic (exact) mass is 291 g/mol. The smallest absolute Gasteiger partial charge is 0.156 e. The molecule has 0 amide bonds. The van der Waals surface area contributed by atoms with Gasteiger partial charge in [-0.05, 0) is 57.5 Å². The maximum atomic E-state index is 13.5. The lowest BCUT2D eigenvalue weighted by Crippen LogP contribution is -2.57. The molecule has 3 rings (SSSR count). The maximum absolute atomic E-state index is 13.5. The van der Waals surface area contributed by atoms with Gasteiger partial charge in [0.25, 0.3) is 0 Å². The van der Waals surface area contributed by atoms with Crippen LogP contribution in [0.5, 0.6) is 0 Å². The van der Waals surface area contributed by atoms with E-state index >= 15 is 0 Å². The fraction of sp³-hybridized carbons (Fsp3) is 0.947. The van der Waals surface area contributed by atoms with Crippen LogP contribution in [0.2, 0.25) is 0 Å². The van der Waals surface area contributed by atoms with Gasteiger partial charge in [-0.2, -0.15) is 0 Å². The van der Waals surface area contributed by atoms with Crippen LogP contribution in [0.15, 0.2) is 0 Å². The van der Waals surface area contributed by atoms with E-state index in [4.69, 9.17) is 0 Å². The third-order valence-corrected chi connectivity index (χ3v) is 6.62. The van der Waals surface area contributed by atoms with Crippen molar-refractivity contribution < 1.29 is 4.79 Å². The molecule has 3 fully saturated rings. The van der Waals surface area contributed by atoms with Crippen molar-refractivity contribution in [1.82, 2.24) is 4.90 Å². The lowest BCUT2D eigenvalue weighted by atomic mass is 9.69. The zero-order valence-corrected chi connectivity index (χ0v) is 13.9. The van der Waals surface area contributed by atoms with Gasteiger partial charge in [0.1, 0.15) is 0 Å². The first-order valence-electron chi connectivity index (χ1n) is 9.57. The lowest BCUT2D eigenvalue weighted by molar-refractivity contribution is -0.139. The van der Waals surface area contributed by atoms with Crippen LogP contribution in [-0.2, 0) is 4.79 Å². The Morgan fingerprint density at radius 3 is 2.29 bits per heavy atom. The van der Waals surface area contributed by atoms with Crippen LogP contribution in [0, 0.1) is 11.8 Å². The molecular weight excluding hydrogens is 258 g/mol. The van der Waals surface area contributed by atoms with E-state index < -0.39 is 0 Å². The van der Waals surface area contributed by atoms with E-state index in [-0.39, 0.29) is 5.54 Å². The largest absolute Gasteiger partial charge is 0.297 e. The second-order valence-corrected chi connectivity index (χ2v) is 7.71. The molecule has 2 saturated carbocycles. The maximum Gasteiger partial charge on any atom is 0.156 e. The predicted molar refractivity (Wildman–Crippen MR) is 87.4 cm³/mol. The van der Waals surface area contributed by atoms with Crippen molar-refractivity contribution >= 4 is 5.78 Å². The summed E-state index contributed by atoms with van der Waals surface area (Å²) >= 11 is 0. The molecule has 0 aromatic heterocycles. The Morgan fingerprint density at radius 1 is 0.952 bits per heavy atom. The van der Waals surface area contributed by atoms with E-state index in [1.165, 1.54) is 77.3 Å². The second-order valence-electron chi connectivity index (χ2n) is 7.71. The van der Waals surface area contributed by atoms with Gasteiger partial charge in [0.05, 0.1) is 5.54 Å². The Bertz CT molecular complexity index is 353. The average Bonchev–Trinajstić information content (AvgIpc) is 3.06. The number of carbonyl (C=O) groups excluding carboxylic acids is 1. The van der Waals surface area contributed by atoms with Crippen molar-refractivity contribution in [3.63, 3.8) is 0 Å². The summed E-state index contributed by atoms with van der Waals surface area (Å²) in [6.07, 6.45) is 15.1. The average molecular weight is 291 g/mol. The van der Waals surface area contributed by atoms with Gasteiger partial charge >= 0.3 is 0 Å². The summed E-state index contributed by atoms with van der Waals surface area (Å²) in [6.45, 7) is 4.64. The third kappa shape index (κ3) is 2.93. The molecule has 1 saturated heterocycles. The van der Waals surface area contributed by atoms with Gasteiger partial charge in [0.2, 0.25) is 0 Å². The SMILES string of the molecule is CCC1CCCCC1C(=O)C1(N2CCCCC2)CCCC1. The number of ketones is 1. The van der Waals surface area contributed by atoms with E-state index in [2.05, 4.69) is 11.8 Å². The van der Waals surface area contributed by atoms with Gasteiger partial charge < -0.3 is 0 Å². The molecule has 21 heavy (non-hydrogen) atoms. The number of likely N-dealkylation sites (tertiary alicyclic amines) is 1. The molecule has 0 aromatic rings. The number of rotatable bonds is 4. The number of piperidine rings is 1. The Kier molecular flexibility index (Phi) is 5.03. The summed E-state index contributed by atoms with van der Waals surface area (Å²) in [5, 5.41) is 0. The van der Waals surface area contributed by atoms with Crippen LogP contribution in [0.3, 0.4) is 0 Å². The Balaban J connectivity index is 1.80. The molecule has 120 valence electrons. The first kappa shape index (κ1) is 15.5. The van der Waals surface area contributed by atoms with E-state index in [0.29, 0.717) is 17.6 Å². The zero-order valence-electron chi connectivity index (χ0n) is 13.9. The van der Waals surface area contributed by atoms with Gasteiger partial charge in [-0.25, -0.2) is 0 Å². The van der Waals surface area contributed by atoms with Gasteiger partial charge in [0, 0.05) is 5.92 Å². The van der Waals surface area contributed by atoms with Gasteiger partial charge in [-0.3, -0.25) is 9.69 Å². The van der Waals surface area contributed by atoms with Gasteiger partial charge in [0.15, 0.2) is 5.78 Å². The highest BCUT2D eigenvalue weighted by molar-refractivity contribution is 5.91. The minimum Gasteiger partial charge on any atom is -0.297 e. The second kappa shape index (κ2) is 6.81. The van der Waals surface area contributed by atoms with E-state index in [1.807, 2.05) is 0 Å². The fourth-order valence-corrected chi connectivity index (χ4v) is 5.39. The van der Waals surface area contributed by atoms with Crippen LogP contribution < -0.4 is 0 Å². The lowest BCUT2D eigenvalue weighted by Gasteiger charge is -2.45. The van der Waals surface area contributed by atoms with Crippen LogP contribution in [0.4, 0.5) is 0 Å². The molecule has 2 heteroatoms. The molecule has 0 bridgehead atoms. The summed E-state index contributed by atoms with van der Waals surface area (Å²) in [6, 6.07) is 0. The normalized spacial score (nSPS) is 34.0. The number of Topliss-reactive ketones (excluding diaryl/α,β-unsaturated/α-hetero) is 1. The molecule has 1 heterocycles. The molecule has 0 N–H and O–H groups in total. The van der Waals surface area contributed by atoms with Gasteiger partial charge in [-0.15, -0.1) is 0 Å². The molecule has 2 unspecified atom stereocenters. The number of hydrogen-bond acceptors (Lipinski definition) is 2. The third-order valence-electron chi connectivity index (χ3n) is 6.62. The van der Waals surface area contributed by atoms with E-state index in [1.54, 1.807) is 0 Å². The highest BCUT2D eigenvalue weighted by atomic mass is 16.1. The minimum absolute atomic E-state index is 0.0458. The number of nitrogens with zero attached hydrogens (tertiary/aromatic N) is 1. The summed E-state index contributed by atoms with van der Waals surface area (Å²) in [5.41, 5.74) is -0.0458. The molecule has 3 aliphatic rings. The van der Waals surface area contributed by atoms with Crippen molar-refractivity contribution in [3.8, 4) is 0 Å². The topological polar surface area (TPSA) is 20.3 Å². The van der Waals surface area contributed by atoms with Crippen molar-refractivity contribution in [3.05, 3.63) is 0 Å². The van der Waals surface area contributed by atoms with Crippen molar-refractivity contribution in [1.29, 1.82) is 0 Å². The van der Waals surface area contributed by atoms with Crippen LogP contribution in [0.1, 0.15) is 84.0 Å². The minimum atomic E-state index is -0.0458. The fourth-order valence-electron chi connectivity index (χ4n) is 5.39. The van der Waals surface area contributed by atoms with Crippen molar-refractivity contribution in [2.75, 3.05) is 13.1 Å². The van der Waals surface area contributed by atoms with Crippen LogP contribution in [0.25, 0.3) is 0 Å².